The highest BCUT2D eigenvalue weighted by atomic mass is 79.9. The van der Waals surface area contributed by atoms with E-state index in [9.17, 15) is 9.18 Å². The number of aromatic nitrogens is 2. The number of nitrogens with zero attached hydrogens (tertiary/aromatic N) is 2. The number of carbonyl (C=O) groups excluding carboxylic acids is 1. The molecule has 1 heterocycles. The molecular formula is C13H12BrFN2O. The Hall–Kier alpha value is -1.49. The zero-order valence-corrected chi connectivity index (χ0v) is 11.7. The first-order valence-electron chi connectivity index (χ1n) is 5.44. The van der Waals surface area contributed by atoms with Crippen molar-refractivity contribution in [1.29, 1.82) is 0 Å². The van der Waals surface area contributed by atoms with Crippen molar-refractivity contribution in [1.82, 2.24) is 9.78 Å². The molecule has 0 N–H and O–H groups in total. The summed E-state index contributed by atoms with van der Waals surface area (Å²) in [7, 11) is 1.75. The quantitative estimate of drug-likeness (QED) is 0.817. The molecule has 18 heavy (non-hydrogen) atoms. The molecule has 0 saturated carbocycles. The van der Waals surface area contributed by atoms with E-state index in [1.165, 1.54) is 6.07 Å². The van der Waals surface area contributed by atoms with Crippen LogP contribution in [0.15, 0.2) is 28.9 Å². The maximum absolute atomic E-state index is 13.6. The first-order chi connectivity index (χ1) is 8.47. The Labute approximate surface area is 113 Å². The third-order valence-corrected chi connectivity index (χ3v) is 3.17. The Kier molecular flexibility index (Phi) is 3.61. The van der Waals surface area contributed by atoms with E-state index in [1.807, 2.05) is 0 Å². The third-order valence-electron chi connectivity index (χ3n) is 2.67. The van der Waals surface area contributed by atoms with E-state index in [0.29, 0.717) is 16.8 Å². The van der Waals surface area contributed by atoms with E-state index in [0.717, 1.165) is 4.47 Å². The minimum atomic E-state index is -0.368. The van der Waals surface area contributed by atoms with Gasteiger partial charge in [-0.1, -0.05) is 15.9 Å². The monoisotopic (exact) mass is 310 g/mol. The van der Waals surface area contributed by atoms with Gasteiger partial charge in [0.15, 0.2) is 5.78 Å². The van der Waals surface area contributed by atoms with Crippen LogP contribution in [0.4, 0.5) is 4.39 Å². The lowest BCUT2D eigenvalue weighted by Gasteiger charge is -2.03. The average molecular weight is 311 g/mol. The van der Waals surface area contributed by atoms with Crippen molar-refractivity contribution in [3.05, 3.63) is 51.5 Å². The largest absolute Gasteiger partial charge is 0.294 e. The first-order valence-corrected chi connectivity index (χ1v) is 6.24. The molecule has 0 bridgehead atoms. The Morgan fingerprint density at radius 1 is 1.50 bits per heavy atom. The predicted molar refractivity (Wildman–Crippen MR) is 70.1 cm³/mol. The van der Waals surface area contributed by atoms with Crippen molar-refractivity contribution in [3.63, 3.8) is 0 Å². The van der Waals surface area contributed by atoms with Gasteiger partial charge in [-0.25, -0.2) is 4.39 Å². The van der Waals surface area contributed by atoms with Crippen molar-refractivity contribution in [2.75, 3.05) is 0 Å². The smallest absolute Gasteiger partial charge is 0.170 e. The molecular weight excluding hydrogens is 299 g/mol. The van der Waals surface area contributed by atoms with Crippen LogP contribution in [-0.4, -0.2) is 15.6 Å². The molecule has 3 nitrogen and oxygen atoms in total. The molecule has 5 heteroatoms. The van der Waals surface area contributed by atoms with Gasteiger partial charge >= 0.3 is 0 Å². The number of rotatable bonds is 3. The summed E-state index contributed by atoms with van der Waals surface area (Å²) in [5, 5.41) is 4.11. The number of Topliss-reactive ketones (excluding diaryl/α,β-unsaturated/α-hetero) is 1. The molecule has 0 spiro atoms. The lowest BCUT2D eigenvalue weighted by Crippen LogP contribution is -2.06. The maximum atomic E-state index is 13.6. The van der Waals surface area contributed by atoms with Crippen LogP contribution in [0.25, 0.3) is 0 Å². The molecule has 0 aliphatic heterocycles. The number of hydrogen-bond acceptors (Lipinski definition) is 2. The molecule has 2 rings (SSSR count). The number of carbonyl (C=O) groups is 1. The lowest BCUT2D eigenvalue weighted by molar-refractivity contribution is 0.0991. The molecule has 0 aliphatic rings. The number of halogens is 2. The third kappa shape index (κ3) is 2.67. The standard InChI is InChI=1S/C13H12BrFN2O/c1-8-11(7-17(2)16-8)13(18)6-9-5-10(14)3-4-12(9)15/h3-5,7H,6H2,1-2H3. The molecule has 0 unspecified atom stereocenters. The van der Waals surface area contributed by atoms with Gasteiger partial charge in [0.2, 0.25) is 0 Å². The van der Waals surface area contributed by atoms with Crippen LogP contribution in [0, 0.1) is 12.7 Å². The molecule has 0 aliphatic carbocycles. The fourth-order valence-corrected chi connectivity index (χ4v) is 2.23. The summed E-state index contributed by atoms with van der Waals surface area (Å²) >= 11 is 3.27. The van der Waals surface area contributed by atoms with Crippen molar-refractivity contribution in [2.45, 2.75) is 13.3 Å². The van der Waals surface area contributed by atoms with Crippen molar-refractivity contribution in [3.8, 4) is 0 Å². The van der Waals surface area contributed by atoms with Crippen LogP contribution in [-0.2, 0) is 13.5 Å². The molecule has 0 amide bonds. The minimum absolute atomic E-state index is 0.0395. The van der Waals surface area contributed by atoms with E-state index < -0.39 is 0 Å². The van der Waals surface area contributed by atoms with Crippen LogP contribution >= 0.6 is 15.9 Å². The number of ketones is 1. The molecule has 94 valence electrons. The van der Waals surface area contributed by atoms with Gasteiger partial charge < -0.3 is 0 Å². The molecule has 0 atom stereocenters. The Balaban J connectivity index is 2.26. The highest BCUT2D eigenvalue weighted by molar-refractivity contribution is 9.10. The SMILES string of the molecule is Cc1nn(C)cc1C(=O)Cc1cc(Br)ccc1F. The lowest BCUT2D eigenvalue weighted by atomic mass is 10.0. The Morgan fingerprint density at radius 2 is 2.22 bits per heavy atom. The van der Waals surface area contributed by atoms with Gasteiger partial charge in [-0.3, -0.25) is 9.48 Å². The van der Waals surface area contributed by atoms with Crippen molar-refractivity contribution < 1.29 is 9.18 Å². The van der Waals surface area contributed by atoms with Crippen molar-refractivity contribution in [2.24, 2.45) is 7.05 Å². The van der Waals surface area contributed by atoms with E-state index in [4.69, 9.17) is 0 Å². The second-order valence-corrected chi connectivity index (χ2v) is 5.05. The second-order valence-electron chi connectivity index (χ2n) is 4.14. The van der Waals surface area contributed by atoms with Gasteiger partial charge in [0.05, 0.1) is 11.3 Å². The van der Waals surface area contributed by atoms with Crippen LogP contribution in [0.5, 0.6) is 0 Å². The van der Waals surface area contributed by atoms with E-state index >= 15 is 0 Å². The van der Waals surface area contributed by atoms with Crippen LogP contribution in [0.1, 0.15) is 21.6 Å². The molecule has 0 radical (unpaired) electrons. The van der Waals surface area contributed by atoms with Gasteiger partial charge in [0, 0.05) is 24.1 Å². The molecule has 1 aromatic carbocycles. The maximum Gasteiger partial charge on any atom is 0.170 e. The van der Waals surface area contributed by atoms with E-state index in [2.05, 4.69) is 21.0 Å². The average Bonchev–Trinajstić information content (AvgIpc) is 2.63. The number of aryl methyl sites for hydroxylation is 2. The van der Waals surface area contributed by atoms with Gasteiger partial charge in [-0.15, -0.1) is 0 Å². The molecule has 1 aromatic heterocycles. The van der Waals surface area contributed by atoms with Crippen molar-refractivity contribution >= 4 is 21.7 Å². The zero-order chi connectivity index (χ0) is 13.3. The summed E-state index contributed by atoms with van der Waals surface area (Å²) in [6, 6.07) is 4.58. The summed E-state index contributed by atoms with van der Waals surface area (Å²) in [6.45, 7) is 1.77. The fraction of sp³-hybridized carbons (Fsp3) is 0.231. The van der Waals surface area contributed by atoms with Crippen LogP contribution in [0.3, 0.4) is 0 Å². The zero-order valence-electron chi connectivity index (χ0n) is 10.1. The van der Waals surface area contributed by atoms with Crippen LogP contribution in [0.2, 0.25) is 0 Å². The summed E-state index contributed by atoms with van der Waals surface area (Å²) in [6.07, 6.45) is 1.70. The number of benzene rings is 1. The van der Waals surface area contributed by atoms with Gasteiger partial charge in [-0.2, -0.15) is 5.10 Å². The van der Waals surface area contributed by atoms with E-state index in [-0.39, 0.29) is 18.0 Å². The summed E-state index contributed by atoms with van der Waals surface area (Å²) in [4.78, 5) is 12.1. The highest BCUT2D eigenvalue weighted by Gasteiger charge is 2.15. The van der Waals surface area contributed by atoms with Crippen LogP contribution < -0.4 is 0 Å². The fourth-order valence-electron chi connectivity index (χ4n) is 1.82. The van der Waals surface area contributed by atoms with Gasteiger partial charge in [0.25, 0.3) is 0 Å². The molecule has 0 saturated heterocycles. The Bertz CT molecular complexity index is 607. The highest BCUT2D eigenvalue weighted by Crippen LogP contribution is 2.18. The molecule has 2 aromatic rings. The second kappa shape index (κ2) is 5.02. The minimum Gasteiger partial charge on any atom is -0.294 e. The predicted octanol–water partition coefficient (Wildman–Crippen LogP) is 3.06. The summed E-state index contributed by atoms with van der Waals surface area (Å²) < 4.78 is 15.9. The first kappa shape index (κ1) is 13.0. The van der Waals surface area contributed by atoms with Gasteiger partial charge in [-0.05, 0) is 30.7 Å². The summed E-state index contributed by atoms with van der Waals surface area (Å²) in [5.74, 6) is -0.495. The Morgan fingerprint density at radius 3 is 2.83 bits per heavy atom. The molecule has 0 fully saturated rings. The normalized spacial score (nSPS) is 10.7. The topological polar surface area (TPSA) is 34.9 Å². The summed E-state index contributed by atoms with van der Waals surface area (Å²) in [5.41, 5.74) is 1.59. The number of hydrogen-bond donors (Lipinski definition) is 0. The van der Waals surface area contributed by atoms with E-state index in [1.54, 1.807) is 37.0 Å². The van der Waals surface area contributed by atoms with Gasteiger partial charge in [0.1, 0.15) is 5.82 Å².